The summed E-state index contributed by atoms with van der Waals surface area (Å²) in [6.45, 7) is 1.39. The summed E-state index contributed by atoms with van der Waals surface area (Å²) in [5, 5.41) is 10.6. The van der Waals surface area contributed by atoms with Crippen LogP contribution in [0, 0.1) is 5.41 Å². The number of rotatable bonds is 4. The Balaban J connectivity index is 2.13. The molecule has 3 nitrogen and oxygen atoms in total. The molecule has 2 rings (SSSR count). The summed E-state index contributed by atoms with van der Waals surface area (Å²) in [4.78, 5) is 0.104. The number of hydrogen-bond acceptors (Lipinski definition) is 4. The van der Waals surface area contributed by atoms with Crippen molar-refractivity contribution in [3.63, 3.8) is 0 Å². The Kier molecular flexibility index (Phi) is 5.19. The first-order chi connectivity index (χ1) is 9.86. The summed E-state index contributed by atoms with van der Waals surface area (Å²) in [5.41, 5.74) is 1.65. The molecule has 1 heterocycles. The molecule has 1 unspecified atom stereocenters. The molecule has 1 aliphatic rings. The van der Waals surface area contributed by atoms with Crippen LogP contribution in [0.2, 0.25) is 0 Å². The molecule has 0 aliphatic carbocycles. The Morgan fingerprint density at radius 2 is 1.81 bits per heavy atom. The van der Waals surface area contributed by atoms with Gasteiger partial charge < -0.3 is 15.6 Å². The lowest BCUT2D eigenvalue weighted by molar-refractivity contribution is -0.0581. The van der Waals surface area contributed by atoms with Gasteiger partial charge in [-0.2, -0.15) is 13.2 Å². The van der Waals surface area contributed by atoms with Crippen LogP contribution in [0.25, 0.3) is 0 Å². The van der Waals surface area contributed by atoms with Crippen LogP contribution < -0.4 is 5.73 Å². The first-order valence-corrected chi connectivity index (χ1v) is 7.49. The van der Waals surface area contributed by atoms with Gasteiger partial charge in [0.05, 0.1) is 6.10 Å². The maximum absolute atomic E-state index is 12.3. The van der Waals surface area contributed by atoms with E-state index in [1.54, 1.807) is 0 Å². The van der Waals surface area contributed by atoms with Crippen molar-refractivity contribution in [3.05, 3.63) is 29.8 Å². The molecule has 1 fully saturated rings. The van der Waals surface area contributed by atoms with Crippen LogP contribution in [0.5, 0.6) is 0 Å². The number of thioether (sulfide) groups is 1. The molecule has 0 bridgehead atoms. The van der Waals surface area contributed by atoms with Crippen LogP contribution in [-0.4, -0.2) is 30.4 Å². The summed E-state index contributed by atoms with van der Waals surface area (Å²) >= 11 is -0.165. The van der Waals surface area contributed by atoms with Gasteiger partial charge in [-0.05, 0) is 42.3 Å². The molecule has 1 saturated heterocycles. The van der Waals surface area contributed by atoms with Gasteiger partial charge in [-0.15, -0.1) is 0 Å². The summed E-state index contributed by atoms with van der Waals surface area (Å²) in [5.74, 6) is 0. The first kappa shape index (κ1) is 16.6. The van der Waals surface area contributed by atoms with Crippen LogP contribution in [-0.2, 0) is 4.74 Å². The van der Waals surface area contributed by atoms with E-state index in [0.717, 1.165) is 0 Å². The summed E-state index contributed by atoms with van der Waals surface area (Å²) in [6.07, 6.45) is 0.490. The number of aliphatic hydroxyl groups is 1. The third kappa shape index (κ3) is 4.12. The molecule has 118 valence electrons. The molecular formula is C14H18F3NO2S. The zero-order chi connectivity index (χ0) is 15.5. The van der Waals surface area contributed by atoms with E-state index >= 15 is 0 Å². The lowest BCUT2D eigenvalue weighted by Crippen LogP contribution is -2.41. The zero-order valence-corrected chi connectivity index (χ0v) is 12.2. The molecule has 21 heavy (non-hydrogen) atoms. The van der Waals surface area contributed by atoms with Crippen molar-refractivity contribution in [2.45, 2.75) is 29.3 Å². The standard InChI is InChI=1S/C14H18F3NO2S/c15-14(16,17)21-11-3-1-10(2-4-11)12(19)13(9-18)5-7-20-8-6-13/h1-4,12,19H,5-9,18H2. The summed E-state index contributed by atoms with van der Waals surface area (Å²) < 4.78 is 42.2. The maximum Gasteiger partial charge on any atom is 0.446 e. The highest BCUT2D eigenvalue weighted by atomic mass is 32.2. The van der Waals surface area contributed by atoms with Gasteiger partial charge in [0.25, 0.3) is 0 Å². The topological polar surface area (TPSA) is 55.5 Å². The van der Waals surface area contributed by atoms with Gasteiger partial charge >= 0.3 is 5.51 Å². The number of halogens is 3. The molecule has 0 aromatic heterocycles. The van der Waals surface area contributed by atoms with E-state index in [4.69, 9.17) is 10.5 Å². The normalized spacial score (nSPS) is 20.2. The molecule has 1 atom stereocenters. The van der Waals surface area contributed by atoms with Gasteiger partial charge in [0.15, 0.2) is 0 Å². The van der Waals surface area contributed by atoms with E-state index in [1.807, 2.05) is 0 Å². The minimum absolute atomic E-state index is 0.104. The van der Waals surface area contributed by atoms with Crippen LogP contribution in [0.3, 0.4) is 0 Å². The fourth-order valence-corrected chi connectivity index (χ4v) is 3.11. The highest BCUT2D eigenvalue weighted by Gasteiger charge is 2.39. The predicted octanol–water partition coefficient (Wildman–Crippen LogP) is 3.09. The average Bonchev–Trinajstić information content (AvgIpc) is 2.46. The van der Waals surface area contributed by atoms with Gasteiger partial charge in [-0.25, -0.2) is 0 Å². The molecule has 3 N–H and O–H groups in total. The Hall–Kier alpha value is -0.760. The number of nitrogens with two attached hydrogens (primary N) is 1. The highest BCUT2D eigenvalue weighted by Crippen LogP contribution is 2.42. The van der Waals surface area contributed by atoms with E-state index in [-0.39, 0.29) is 16.7 Å². The second-order valence-corrected chi connectivity index (χ2v) is 6.34. The van der Waals surface area contributed by atoms with Crippen LogP contribution >= 0.6 is 11.8 Å². The second kappa shape index (κ2) is 6.56. The van der Waals surface area contributed by atoms with Gasteiger partial charge in [0, 0.05) is 30.1 Å². The first-order valence-electron chi connectivity index (χ1n) is 6.68. The third-order valence-electron chi connectivity index (χ3n) is 3.90. The van der Waals surface area contributed by atoms with Crippen molar-refractivity contribution < 1.29 is 23.0 Å². The monoisotopic (exact) mass is 321 g/mol. The molecule has 0 amide bonds. The van der Waals surface area contributed by atoms with E-state index in [1.165, 1.54) is 24.3 Å². The van der Waals surface area contributed by atoms with Crippen LogP contribution in [0.1, 0.15) is 24.5 Å². The maximum atomic E-state index is 12.3. The molecular weight excluding hydrogens is 303 g/mol. The smallest absolute Gasteiger partial charge is 0.388 e. The Morgan fingerprint density at radius 3 is 2.29 bits per heavy atom. The molecule has 0 radical (unpaired) electrons. The molecule has 1 aliphatic heterocycles. The number of aliphatic hydroxyl groups excluding tert-OH is 1. The van der Waals surface area contributed by atoms with Crippen molar-refractivity contribution in [1.82, 2.24) is 0 Å². The summed E-state index contributed by atoms with van der Waals surface area (Å²) in [7, 11) is 0. The van der Waals surface area contributed by atoms with Crippen LogP contribution in [0.15, 0.2) is 29.2 Å². The molecule has 7 heteroatoms. The van der Waals surface area contributed by atoms with Crippen molar-refractivity contribution in [2.75, 3.05) is 19.8 Å². The fourth-order valence-electron chi connectivity index (χ4n) is 2.57. The number of alkyl halides is 3. The van der Waals surface area contributed by atoms with E-state index < -0.39 is 17.0 Å². The van der Waals surface area contributed by atoms with Crippen molar-refractivity contribution in [3.8, 4) is 0 Å². The van der Waals surface area contributed by atoms with Gasteiger partial charge in [-0.1, -0.05) is 12.1 Å². The Morgan fingerprint density at radius 1 is 1.24 bits per heavy atom. The van der Waals surface area contributed by atoms with Crippen LogP contribution in [0.4, 0.5) is 13.2 Å². The van der Waals surface area contributed by atoms with Gasteiger partial charge in [-0.3, -0.25) is 0 Å². The fraction of sp³-hybridized carbons (Fsp3) is 0.571. The summed E-state index contributed by atoms with van der Waals surface area (Å²) in [6, 6.07) is 5.82. The molecule has 0 spiro atoms. The number of hydrogen-bond donors (Lipinski definition) is 2. The van der Waals surface area contributed by atoms with E-state index in [2.05, 4.69) is 0 Å². The number of ether oxygens (including phenoxy) is 1. The van der Waals surface area contributed by atoms with Gasteiger partial charge in [0.2, 0.25) is 0 Å². The van der Waals surface area contributed by atoms with E-state index in [9.17, 15) is 18.3 Å². The number of benzene rings is 1. The largest absolute Gasteiger partial charge is 0.446 e. The molecule has 0 saturated carbocycles. The van der Waals surface area contributed by atoms with Crippen molar-refractivity contribution in [2.24, 2.45) is 11.1 Å². The zero-order valence-electron chi connectivity index (χ0n) is 11.4. The lowest BCUT2D eigenvalue weighted by Gasteiger charge is -2.40. The minimum Gasteiger partial charge on any atom is -0.388 e. The van der Waals surface area contributed by atoms with E-state index in [0.29, 0.717) is 38.2 Å². The second-order valence-electron chi connectivity index (χ2n) is 5.20. The SMILES string of the molecule is NCC1(C(O)c2ccc(SC(F)(F)F)cc2)CCOCC1. The van der Waals surface area contributed by atoms with Gasteiger partial charge in [0.1, 0.15) is 0 Å². The quantitative estimate of drug-likeness (QED) is 0.837. The van der Waals surface area contributed by atoms with Crippen molar-refractivity contribution in [1.29, 1.82) is 0 Å². The average molecular weight is 321 g/mol. The molecule has 1 aromatic carbocycles. The Labute approximate surface area is 125 Å². The predicted molar refractivity (Wildman–Crippen MR) is 74.9 cm³/mol. The highest BCUT2D eigenvalue weighted by molar-refractivity contribution is 8.00. The lowest BCUT2D eigenvalue weighted by atomic mass is 9.73. The van der Waals surface area contributed by atoms with Crippen molar-refractivity contribution >= 4 is 11.8 Å². The Bertz CT molecular complexity index is 458. The third-order valence-corrected chi connectivity index (χ3v) is 4.64. The molecule has 1 aromatic rings. The minimum atomic E-state index is -4.31.